The molecule has 0 amide bonds. The molecule has 286 valence electrons. The molecule has 0 saturated carbocycles. The van der Waals surface area contributed by atoms with Crippen molar-refractivity contribution in [3.05, 3.63) is 237 Å². The largest absolute Gasteiger partial charge is 0.311 e. The number of aromatic nitrogens is 2. The molecule has 3 nitrogen and oxygen atoms in total. The highest BCUT2D eigenvalue weighted by atomic mass is 15.1. The lowest BCUT2D eigenvalue weighted by molar-refractivity contribution is 1.17. The van der Waals surface area contributed by atoms with Crippen LogP contribution in [0.5, 0.6) is 0 Å². The van der Waals surface area contributed by atoms with Gasteiger partial charge in [-0.1, -0.05) is 146 Å². The predicted octanol–water partition coefficient (Wildman–Crippen LogP) is 15.8. The summed E-state index contributed by atoms with van der Waals surface area (Å²) in [4.78, 5) is 2.34. The zero-order valence-corrected chi connectivity index (χ0v) is 33.4. The topological polar surface area (TPSA) is 13.1 Å². The van der Waals surface area contributed by atoms with Crippen molar-refractivity contribution in [1.82, 2.24) is 9.13 Å². The van der Waals surface area contributed by atoms with Crippen LogP contribution in [0.25, 0.3) is 88.0 Å². The second kappa shape index (κ2) is 14.3. The highest BCUT2D eigenvalue weighted by molar-refractivity contribution is 6.11. The zero-order valence-electron chi connectivity index (χ0n) is 33.4. The number of hydrogen-bond donors (Lipinski definition) is 0. The van der Waals surface area contributed by atoms with Crippen molar-refractivity contribution >= 4 is 71.4 Å². The third-order valence-electron chi connectivity index (χ3n) is 12.3. The summed E-state index contributed by atoms with van der Waals surface area (Å²) in [5.41, 5.74) is 15.2. The second-order valence-electron chi connectivity index (χ2n) is 15.8. The quantitative estimate of drug-likeness (QED) is 0.157. The van der Waals surface area contributed by atoms with Gasteiger partial charge in [0.25, 0.3) is 0 Å². The molecule has 0 spiro atoms. The van der Waals surface area contributed by atoms with E-state index in [9.17, 15) is 0 Å². The first kappa shape index (κ1) is 34.9. The van der Waals surface area contributed by atoms with Crippen molar-refractivity contribution in [2.24, 2.45) is 0 Å². The Hall–Kier alpha value is -8.14. The Bertz CT molecular complexity index is 3500. The summed E-state index contributed by atoms with van der Waals surface area (Å²) in [6, 6.07) is 85.8. The Balaban J connectivity index is 0.892. The van der Waals surface area contributed by atoms with Crippen molar-refractivity contribution in [1.29, 1.82) is 0 Å². The summed E-state index contributed by atoms with van der Waals surface area (Å²) in [6.07, 6.45) is 0. The number of para-hydroxylation sites is 4. The maximum absolute atomic E-state index is 2.40. The summed E-state index contributed by atoms with van der Waals surface area (Å²) in [6.45, 7) is 0. The summed E-state index contributed by atoms with van der Waals surface area (Å²) in [7, 11) is 0. The highest BCUT2D eigenvalue weighted by Crippen LogP contribution is 2.40. The average molecular weight is 778 g/mol. The minimum Gasteiger partial charge on any atom is -0.311 e. The predicted molar refractivity (Wildman–Crippen MR) is 258 cm³/mol. The minimum absolute atomic E-state index is 1.10. The summed E-state index contributed by atoms with van der Waals surface area (Å²) in [5.74, 6) is 0. The van der Waals surface area contributed by atoms with Gasteiger partial charge in [-0.3, -0.25) is 0 Å². The maximum atomic E-state index is 2.40. The number of hydrogen-bond acceptors (Lipinski definition) is 1. The van der Waals surface area contributed by atoms with Crippen LogP contribution < -0.4 is 4.90 Å². The lowest BCUT2D eigenvalue weighted by Gasteiger charge is -2.26. The molecule has 0 aliphatic heterocycles. The van der Waals surface area contributed by atoms with E-state index in [1.807, 2.05) is 0 Å². The van der Waals surface area contributed by atoms with Gasteiger partial charge in [0.2, 0.25) is 0 Å². The van der Waals surface area contributed by atoms with Gasteiger partial charge in [0.05, 0.1) is 22.1 Å². The third-order valence-corrected chi connectivity index (χ3v) is 12.3. The first-order chi connectivity index (χ1) is 30.3. The van der Waals surface area contributed by atoms with Gasteiger partial charge in [-0.2, -0.15) is 0 Å². The lowest BCUT2D eigenvalue weighted by Crippen LogP contribution is -2.10. The van der Waals surface area contributed by atoms with E-state index >= 15 is 0 Å². The van der Waals surface area contributed by atoms with Gasteiger partial charge in [-0.25, -0.2) is 0 Å². The van der Waals surface area contributed by atoms with E-state index < -0.39 is 0 Å². The number of rotatable bonds is 7. The van der Waals surface area contributed by atoms with E-state index in [-0.39, 0.29) is 0 Å². The fourth-order valence-electron chi connectivity index (χ4n) is 9.48. The van der Waals surface area contributed by atoms with Crippen molar-refractivity contribution in [3.63, 3.8) is 0 Å². The molecule has 0 aliphatic carbocycles. The van der Waals surface area contributed by atoms with Crippen LogP contribution in [0.3, 0.4) is 0 Å². The molecule has 0 atom stereocenters. The van der Waals surface area contributed by atoms with Crippen LogP contribution >= 0.6 is 0 Å². The molecule has 10 aromatic carbocycles. The van der Waals surface area contributed by atoms with Gasteiger partial charge in [0.1, 0.15) is 0 Å². The van der Waals surface area contributed by atoms with Gasteiger partial charge in [-0.15, -0.1) is 0 Å². The number of nitrogens with zero attached hydrogens (tertiary/aromatic N) is 3. The Morgan fingerprint density at radius 2 is 0.689 bits per heavy atom. The third kappa shape index (κ3) is 5.82. The van der Waals surface area contributed by atoms with Crippen LogP contribution in [0, 0.1) is 0 Å². The molecule has 0 bridgehead atoms. The average Bonchev–Trinajstić information content (AvgIpc) is 3.85. The van der Waals surface area contributed by atoms with E-state index in [2.05, 4.69) is 251 Å². The van der Waals surface area contributed by atoms with Gasteiger partial charge >= 0.3 is 0 Å². The molecule has 3 heteroatoms. The van der Waals surface area contributed by atoms with E-state index in [4.69, 9.17) is 0 Å². The molecule has 0 aliphatic rings. The zero-order chi connectivity index (χ0) is 40.3. The molecule has 0 unspecified atom stereocenters. The Morgan fingerprint density at radius 1 is 0.262 bits per heavy atom. The molecule has 2 aromatic heterocycles. The van der Waals surface area contributed by atoms with Gasteiger partial charge < -0.3 is 14.0 Å². The minimum atomic E-state index is 1.10. The van der Waals surface area contributed by atoms with E-state index in [1.165, 1.54) is 76.6 Å². The Kier molecular flexibility index (Phi) is 8.17. The van der Waals surface area contributed by atoms with Crippen LogP contribution in [-0.4, -0.2) is 9.13 Å². The van der Waals surface area contributed by atoms with Gasteiger partial charge in [0, 0.05) is 50.0 Å². The molecule has 0 saturated heterocycles. The molecule has 2 heterocycles. The molecule has 61 heavy (non-hydrogen) atoms. The SMILES string of the molecule is c1ccc(N(c2ccc(-c3ccc4c(c3)c3ccccc3n4-c3ccc(-c4cccc5ccccc45)cc3)cc2)c2ccc(-n3c4ccccc4c4ccccc43)cc2)cc1. The Morgan fingerprint density at radius 3 is 1.31 bits per heavy atom. The van der Waals surface area contributed by atoms with E-state index in [1.54, 1.807) is 0 Å². The van der Waals surface area contributed by atoms with E-state index in [0.717, 1.165) is 28.4 Å². The molecule has 12 aromatic rings. The first-order valence-corrected chi connectivity index (χ1v) is 20.9. The second-order valence-corrected chi connectivity index (χ2v) is 15.8. The van der Waals surface area contributed by atoms with Crippen LogP contribution in [0.4, 0.5) is 17.1 Å². The first-order valence-electron chi connectivity index (χ1n) is 20.9. The van der Waals surface area contributed by atoms with Crippen LogP contribution in [0.15, 0.2) is 237 Å². The van der Waals surface area contributed by atoms with E-state index in [0.29, 0.717) is 0 Å². The highest BCUT2D eigenvalue weighted by Gasteiger charge is 2.17. The molecule has 0 N–H and O–H groups in total. The van der Waals surface area contributed by atoms with Crippen molar-refractivity contribution in [3.8, 4) is 33.6 Å². The molecule has 0 fully saturated rings. The summed E-state index contributed by atoms with van der Waals surface area (Å²) in [5, 5.41) is 7.54. The van der Waals surface area contributed by atoms with Gasteiger partial charge in [0.15, 0.2) is 0 Å². The van der Waals surface area contributed by atoms with Crippen LogP contribution in [0.2, 0.25) is 0 Å². The normalized spacial score (nSPS) is 11.6. The van der Waals surface area contributed by atoms with Crippen molar-refractivity contribution in [2.45, 2.75) is 0 Å². The number of benzene rings is 10. The van der Waals surface area contributed by atoms with Crippen LogP contribution in [-0.2, 0) is 0 Å². The van der Waals surface area contributed by atoms with Crippen molar-refractivity contribution in [2.75, 3.05) is 4.90 Å². The smallest absolute Gasteiger partial charge is 0.0541 e. The fraction of sp³-hybridized carbons (Fsp3) is 0. The molecule has 12 rings (SSSR count). The number of fused-ring (bicyclic) bond motifs is 7. The standard InChI is InChI=1S/C58H39N3/c1-2-15-44(16-3-1)59(46-34-36-48(37-35-46)60-55-22-9-6-18-51(55)52-19-7-10-23-56(52)60)45-30-25-40(26-31-45)43-29-38-58-54(39-43)53-20-8-11-24-57(53)61(58)47-32-27-42(28-33-47)50-21-12-14-41-13-4-5-17-49(41)50/h1-39H. The Labute approximate surface area is 354 Å². The van der Waals surface area contributed by atoms with Crippen molar-refractivity contribution < 1.29 is 0 Å². The monoisotopic (exact) mass is 777 g/mol. The molecular formula is C58H39N3. The number of anilines is 3. The molecular weight excluding hydrogens is 739 g/mol. The maximum Gasteiger partial charge on any atom is 0.0541 e. The molecule has 0 radical (unpaired) electrons. The van der Waals surface area contributed by atoms with Crippen LogP contribution in [0.1, 0.15) is 0 Å². The summed E-state index contributed by atoms with van der Waals surface area (Å²) < 4.78 is 4.77. The fourth-order valence-corrected chi connectivity index (χ4v) is 9.48. The lowest BCUT2D eigenvalue weighted by atomic mass is 9.98. The van der Waals surface area contributed by atoms with Gasteiger partial charge in [-0.05, 0) is 124 Å². The summed E-state index contributed by atoms with van der Waals surface area (Å²) >= 11 is 0.